The Morgan fingerprint density at radius 1 is 1.56 bits per heavy atom. The van der Waals surface area contributed by atoms with Gasteiger partial charge in [-0.25, -0.2) is 4.98 Å². The molecule has 16 heavy (non-hydrogen) atoms. The molecule has 0 aliphatic rings. The zero-order chi connectivity index (χ0) is 12.3. The standard InChI is InChI=1S/C10H14N2O3S/c1-6(2)12(5-9(13)14)10(15)8-4-11-7(3)16-8/h4,6H,5H2,1-3H3,(H,13,14). The summed E-state index contributed by atoms with van der Waals surface area (Å²) in [6.07, 6.45) is 1.49. The zero-order valence-corrected chi connectivity index (χ0v) is 10.2. The monoisotopic (exact) mass is 242 g/mol. The maximum absolute atomic E-state index is 12.0. The van der Waals surface area contributed by atoms with E-state index in [0.29, 0.717) is 4.88 Å². The average Bonchev–Trinajstić information content (AvgIpc) is 2.59. The fourth-order valence-electron chi connectivity index (χ4n) is 1.24. The van der Waals surface area contributed by atoms with Gasteiger partial charge in [-0.2, -0.15) is 0 Å². The van der Waals surface area contributed by atoms with Crippen LogP contribution in [0.25, 0.3) is 0 Å². The lowest BCUT2D eigenvalue weighted by Crippen LogP contribution is -2.40. The second-order valence-electron chi connectivity index (χ2n) is 3.66. The Balaban J connectivity index is 2.87. The molecule has 1 rings (SSSR count). The van der Waals surface area contributed by atoms with Crippen molar-refractivity contribution in [3.8, 4) is 0 Å². The number of rotatable bonds is 4. The molecule has 1 aromatic heterocycles. The predicted octanol–water partition coefficient (Wildman–Crippen LogP) is 1.39. The average molecular weight is 242 g/mol. The molecular formula is C10H14N2O3S. The number of aryl methyl sites for hydroxylation is 1. The third-order valence-electron chi connectivity index (χ3n) is 2.02. The van der Waals surface area contributed by atoms with Crippen LogP contribution >= 0.6 is 11.3 Å². The Morgan fingerprint density at radius 2 is 2.19 bits per heavy atom. The van der Waals surface area contributed by atoms with Crippen molar-refractivity contribution in [2.75, 3.05) is 6.54 Å². The highest BCUT2D eigenvalue weighted by atomic mass is 32.1. The fourth-order valence-corrected chi connectivity index (χ4v) is 1.97. The molecule has 1 amide bonds. The number of thiazole rings is 1. The lowest BCUT2D eigenvalue weighted by atomic mass is 10.3. The molecule has 6 heteroatoms. The van der Waals surface area contributed by atoms with Gasteiger partial charge in [-0.3, -0.25) is 9.59 Å². The number of aliphatic carboxylic acids is 1. The van der Waals surface area contributed by atoms with Crippen molar-refractivity contribution < 1.29 is 14.7 Å². The first kappa shape index (κ1) is 12.6. The van der Waals surface area contributed by atoms with Gasteiger partial charge in [0, 0.05) is 6.04 Å². The largest absolute Gasteiger partial charge is 0.480 e. The number of hydrogen-bond donors (Lipinski definition) is 1. The fraction of sp³-hybridized carbons (Fsp3) is 0.500. The summed E-state index contributed by atoms with van der Waals surface area (Å²) in [6.45, 7) is 5.09. The molecule has 0 fully saturated rings. The summed E-state index contributed by atoms with van der Waals surface area (Å²) >= 11 is 1.27. The van der Waals surface area contributed by atoms with Crippen molar-refractivity contribution in [2.45, 2.75) is 26.8 Å². The molecule has 0 aromatic carbocycles. The van der Waals surface area contributed by atoms with Crippen LogP contribution in [0.1, 0.15) is 28.5 Å². The Hall–Kier alpha value is -1.43. The molecule has 0 aliphatic heterocycles. The molecule has 0 atom stereocenters. The summed E-state index contributed by atoms with van der Waals surface area (Å²) in [7, 11) is 0. The van der Waals surface area contributed by atoms with Gasteiger partial charge in [0.15, 0.2) is 0 Å². The predicted molar refractivity (Wildman–Crippen MR) is 60.7 cm³/mol. The lowest BCUT2D eigenvalue weighted by molar-refractivity contribution is -0.138. The maximum atomic E-state index is 12.0. The van der Waals surface area contributed by atoms with Crippen LogP contribution in [-0.4, -0.2) is 39.5 Å². The molecule has 1 N–H and O–H groups in total. The van der Waals surface area contributed by atoms with E-state index < -0.39 is 5.97 Å². The molecule has 0 saturated heterocycles. The van der Waals surface area contributed by atoms with E-state index in [9.17, 15) is 9.59 Å². The number of hydrogen-bond acceptors (Lipinski definition) is 4. The number of aromatic nitrogens is 1. The highest BCUT2D eigenvalue weighted by molar-refractivity contribution is 7.13. The topological polar surface area (TPSA) is 70.5 Å². The summed E-state index contributed by atoms with van der Waals surface area (Å²) in [5, 5.41) is 9.52. The lowest BCUT2D eigenvalue weighted by Gasteiger charge is -2.23. The number of carboxylic acid groups (broad SMARTS) is 1. The number of nitrogens with zero attached hydrogens (tertiary/aromatic N) is 2. The van der Waals surface area contributed by atoms with Crippen LogP contribution in [0.2, 0.25) is 0 Å². The third-order valence-corrected chi connectivity index (χ3v) is 2.92. The van der Waals surface area contributed by atoms with Crippen LogP contribution in [0.15, 0.2) is 6.20 Å². The first-order valence-electron chi connectivity index (χ1n) is 4.87. The van der Waals surface area contributed by atoms with Gasteiger partial charge >= 0.3 is 5.97 Å². The normalized spacial score (nSPS) is 10.5. The van der Waals surface area contributed by atoms with Gasteiger partial charge in [0.05, 0.1) is 11.2 Å². The second-order valence-corrected chi connectivity index (χ2v) is 4.90. The van der Waals surface area contributed by atoms with Gasteiger partial charge < -0.3 is 10.0 Å². The van der Waals surface area contributed by atoms with Crippen molar-refractivity contribution in [1.82, 2.24) is 9.88 Å². The van der Waals surface area contributed by atoms with Crippen LogP contribution in [-0.2, 0) is 4.79 Å². The van der Waals surface area contributed by atoms with Gasteiger partial charge in [0.25, 0.3) is 5.91 Å². The van der Waals surface area contributed by atoms with Crippen molar-refractivity contribution in [1.29, 1.82) is 0 Å². The molecule has 0 bridgehead atoms. The summed E-state index contributed by atoms with van der Waals surface area (Å²) < 4.78 is 0. The first-order valence-corrected chi connectivity index (χ1v) is 5.68. The Labute approximate surface area is 97.7 Å². The van der Waals surface area contributed by atoms with Gasteiger partial charge in [-0.1, -0.05) is 0 Å². The van der Waals surface area contributed by atoms with Gasteiger partial charge in [-0.15, -0.1) is 11.3 Å². The van der Waals surface area contributed by atoms with Crippen molar-refractivity contribution in [2.24, 2.45) is 0 Å². The zero-order valence-electron chi connectivity index (χ0n) is 9.43. The van der Waals surface area contributed by atoms with Crippen LogP contribution in [0.4, 0.5) is 0 Å². The van der Waals surface area contributed by atoms with E-state index in [1.165, 1.54) is 22.4 Å². The molecule has 5 nitrogen and oxygen atoms in total. The van der Waals surface area contributed by atoms with Gasteiger partial charge in [0.2, 0.25) is 0 Å². The number of carboxylic acids is 1. The quantitative estimate of drug-likeness (QED) is 0.866. The van der Waals surface area contributed by atoms with E-state index in [0.717, 1.165) is 5.01 Å². The van der Waals surface area contributed by atoms with Crippen molar-refractivity contribution in [3.05, 3.63) is 16.1 Å². The molecular weight excluding hydrogens is 228 g/mol. The smallest absolute Gasteiger partial charge is 0.323 e. The Kier molecular flexibility index (Phi) is 4.00. The van der Waals surface area contributed by atoms with E-state index in [4.69, 9.17) is 5.11 Å². The molecule has 0 radical (unpaired) electrons. The van der Waals surface area contributed by atoms with Crippen LogP contribution in [0, 0.1) is 6.92 Å². The summed E-state index contributed by atoms with van der Waals surface area (Å²) in [5.74, 6) is -1.29. The summed E-state index contributed by atoms with van der Waals surface area (Å²) in [6, 6.07) is -0.147. The van der Waals surface area contributed by atoms with E-state index in [1.54, 1.807) is 20.8 Å². The Bertz CT molecular complexity index is 401. The van der Waals surface area contributed by atoms with Crippen LogP contribution in [0.3, 0.4) is 0 Å². The summed E-state index contributed by atoms with van der Waals surface area (Å²) in [4.78, 5) is 28.4. The minimum Gasteiger partial charge on any atom is -0.480 e. The minimum absolute atomic E-state index is 0.147. The highest BCUT2D eigenvalue weighted by Gasteiger charge is 2.22. The number of carbonyl (C=O) groups excluding carboxylic acids is 1. The van der Waals surface area contributed by atoms with Gasteiger partial charge in [0.1, 0.15) is 11.4 Å². The molecule has 0 saturated carbocycles. The maximum Gasteiger partial charge on any atom is 0.323 e. The second kappa shape index (κ2) is 5.07. The highest BCUT2D eigenvalue weighted by Crippen LogP contribution is 2.15. The molecule has 0 aliphatic carbocycles. The van der Waals surface area contributed by atoms with Crippen LogP contribution < -0.4 is 0 Å². The molecule has 0 unspecified atom stereocenters. The number of amides is 1. The summed E-state index contributed by atoms with van der Waals surface area (Å²) in [5.41, 5.74) is 0. The Morgan fingerprint density at radius 3 is 2.56 bits per heavy atom. The molecule has 88 valence electrons. The third kappa shape index (κ3) is 3.03. The minimum atomic E-state index is -1.01. The van der Waals surface area contributed by atoms with Crippen LogP contribution in [0.5, 0.6) is 0 Å². The molecule has 1 heterocycles. The van der Waals surface area contributed by atoms with Gasteiger partial charge in [-0.05, 0) is 20.8 Å². The van der Waals surface area contributed by atoms with E-state index >= 15 is 0 Å². The van der Waals surface area contributed by atoms with E-state index in [-0.39, 0.29) is 18.5 Å². The number of carbonyl (C=O) groups is 2. The first-order chi connectivity index (χ1) is 7.41. The van der Waals surface area contributed by atoms with Crippen molar-refractivity contribution in [3.63, 3.8) is 0 Å². The molecule has 1 aromatic rings. The van der Waals surface area contributed by atoms with E-state index in [2.05, 4.69) is 4.98 Å². The molecule has 0 spiro atoms. The van der Waals surface area contributed by atoms with Crippen molar-refractivity contribution >= 4 is 23.2 Å². The SMILES string of the molecule is Cc1ncc(C(=O)N(CC(=O)O)C(C)C)s1. The van der Waals surface area contributed by atoms with E-state index in [1.807, 2.05) is 0 Å².